The first-order valence-electron chi connectivity index (χ1n) is 7.05. The molecule has 0 N–H and O–H groups in total. The molecule has 0 radical (unpaired) electrons. The van der Waals surface area contributed by atoms with Gasteiger partial charge in [0.1, 0.15) is 0 Å². The fourth-order valence-electron chi connectivity index (χ4n) is 4.69. The average Bonchev–Trinajstić information content (AvgIpc) is 3.08. The Kier molecular flexibility index (Phi) is 2.17. The molecule has 1 heterocycles. The molecule has 2 amide bonds. The van der Waals surface area contributed by atoms with E-state index in [1.54, 1.807) is 7.05 Å². The van der Waals surface area contributed by atoms with E-state index in [1.807, 2.05) is 6.07 Å². The molecule has 0 aromatic heterocycles. The highest BCUT2D eigenvalue weighted by molar-refractivity contribution is 6.05. The molecule has 1 aromatic rings. The lowest BCUT2D eigenvalue weighted by molar-refractivity contribution is -0.139. The Labute approximate surface area is 112 Å². The van der Waals surface area contributed by atoms with Crippen molar-refractivity contribution in [3.8, 4) is 0 Å². The number of likely N-dealkylation sites (tertiary alicyclic amines) is 1. The van der Waals surface area contributed by atoms with Gasteiger partial charge in [0.25, 0.3) is 0 Å². The summed E-state index contributed by atoms with van der Waals surface area (Å²) >= 11 is 0. The molecule has 3 nitrogen and oxygen atoms in total. The van der Waals surface area contributed by atoms with E-state index in [0.29, 0.717) is 17.8 Å². The molecule has 5 atom stereocenters. The maximum Gasteiger partial charge on any atom is 0.233 e. The molecule has 2 aliphatic carbocycles. The number of fused-ring (bicyclic) bond motifs is 5. The minimum atomic E-state index is -0.0403. The van der Waals surface area contributed by atoms with Crippen molar-refractivity contribution in [3.05, 3.63) is 35.9 Å². The molecular formula is C16H17NO2. The normalized spacial score (nSPS) is 40.1. The Hall–Kier alpha value is -1.64. The predicted molar refractivity (Wildman–Crippen MR) is 70.2 cm³/mol. The highest BCUT2D eigenvalue weighted by atomic mass is 16.2. The van der Waals surface area contributed by atoms with Gasteiger partial charge in [0.2, 0.25) is 11.8 Å². The van der Waals surface area contributed by atoms with Crippen molar-refractivity contribution >= 4 is 11.8 Å². The second kappa shape index (κ2) is 3.69. The zero-order valence-electron chi connectivity index (χ0n) is 11.0. The quantitative estimate of drug-likeness (QED) is 0.720. The number of benzene rings is 1. The van der Waals surface area contributed by atoms with E-state index < -0.39 is 0 Å². The van der Waals surface area contributed by atoms with Crippen LogP contribution in [0.1, 0.15) is 24.3 Å². The lowest BCUT2D eigenvalue weighted by Crippen LogP contribution is -2.29. The third kappa shape index (κ3) is 1.33. The molecule has 1 aromatic carbocycles. The summed E-state index contributed by atoms with van der Waals surface area (Å²) in [5, 5.41) is 0. The van der Waals surface area contributed by atoms with Gasteiger partial charge in [-0.1, -0.05) is 30.3 Å². The molecule has 3 fully saturated rings. The minimum absolute atomic E-state index is 0.0116. The number of hydrogen-bond acceptors (Lipinski definition) is 2. The maximum absolute atomic E-state index is 12.3. The van der Waals surface area contributed by atoms with E-state index in [0.717, 1.165) is 12.8 Å². The lowest BCUT2D eigenvalue weighted by Gasteiger charge is -2.28. The first-order chi connectivity index (χ1) is 9.18. The van der Waals surface area contributed by atoms with Gasteiger partial charge in [-0.05, 0) is 36.2 Å². The van der Waals surface area contributed by atoms with Crippen molar-refractivity contribution in [3.63, 3.8) is 0 Å². The molecule has 2 bridgehead atoms. The summed E-state index contributed by atoms with van der Waals surface area (Å²) in [7, 11) is 1.64. The minimum Gasteiger partial charge on any atom is -0.285 e. The zero-order valence-corrected chi connectivity index (χ0v) is 11.0. The van der Waals surface area contributed by atoms with Gasteiger partial charge in [-0.15, -0.1) is 0 Å². The Balaban J connectivity index is 1.70. The van der Waals surface area contributed by atoms with Crippen molar-refractivity contribution in [2.24, 2.45) is 23.7 Å². The third-order valence-corrected chi connectivity index (χ3v) is 5.46. The molecule has 98 valence electrons. The number of nitrogens with zero attached hydrogens (tertiary/aromatic N) is 1. The van der Waals surface area contributed by atoms with Gasteiger partial charge in [0, 0.05) is 7.05 Å². The van der Waals surface area contributed by atoms with Crippen molar-refractivity contribution in [2.75, 3.05) is 7.05 Å². The van der Waals surface area contributed by atoms with Crippen LogP contribution in [0, 0.1) is 23.7 Å². The topological polar surface area (TPSA) is 37.4 Å². The highest BCUT2D eigenvalue weighted by Crippen LogP contribution is 2.61. The molecule has 1 saturated heterocycles. The monoisotopic (exact) mass is 255 g/mol. The number of imide groups is 1. The van der Waals surface area contributed by atoms with Crippen LogP contribution in [0.5, 0.6) is 0 Å². The Bertz CT molecular complexity index is 553. The van der Waals surface area contributed by atoms with Crippen LogP contribution < -0.4 is 0 Å². The zero-order chi connectivity index (χ0) is 13.1. The van der Waals surface area contributed by atoms with Crippen molar-refractivity contribution in [1.82, 2.24) is 4.90 Å². The summed E-state index contributed by atoms with van der Waals surface area (Å²) in [5.74, 6) is 1.33. The van der Waals surface area contributed by atoms with Gasteiger partial charge < -0.3 is 0 Å². The van der Waals surface area contributed by atoms with Crippen LogP contribution >= 0.6 is 0 Å². The summed E-state index contributed by atoms with van der Waals surface area (Å²) in [4.78, 5) is 25.8. The molecular weight excluding hydrogens is 238 g/mol. The summed E-state index contributed by atoms with van der Waals surface area (Å²) in [6, 6.07) is 10.5. The van der Waals surface area contributed by atoms with Crippen molar-refractivity contribution in [1.29, 1.82) is 0 Å². The van der Waals surface area contributed by atoms with Crippen LogP contribution in [0.3, 0.4) is 0 Å². The lowest BCUT2D eigenvalue weighted by atomic mass is 9.73. The van der Waals surface area contributed by atoms with Crippen LogP contribution in [0.2, 0.25) is 0 Å². The molecule has 19 heavy (non-hydrogen) atoms. The molecule has 0 spiro atoms. The second-order valence-electron chi connectivity index (χ2n) is 6.20. The average molecular weight is 255 g/mol. The predicted octanol–water partition coefficient (Wildman–Crippen LogP) is 2.04. The summed E-state index contributed by atoms with van der Waals surface area (Å²) in [6.07, 6.45) is 2.13. The largest absolute Gasteiger partial charge is 0.285 e. The Morgan fingerprint density at radius 2 is 1.68 bits per heavy atom. The SMILES string of the molecule is CN1C(=O)[C@@H]2C3CC(C[C@H]3c3ccccc3)[C@@H]2C1=O. The van der Waals surface area contributed by atoms with Gasteiger partial charge >= 0.3 is 0 Å². The van der Waals surface area contributed by atoms with Gasteiger partial charge in [0.15, 0.2) is 0 Å². The highest BCUT2D eigenvalue weighted by Gasteiger charge is 2.63. The van der Waals surface area contributed by atoms with Crippen LogP contribution in [0.4, 0.5) is 0 Å². The maximum atomic E-state index is 12.3. The van der Waals surface area contributed by atoms with Crippen molar-refractivity contribution < 1.29 is 9.59 Å². The number of hydrogen-bond donors (Lipinski definition) is 0. The van der Waals surface area contributed by atoms with Gasteiger partial charge in [0.05, 0.1) is 11.8 Å². The molecule has 3 heteroatoms. The Morgan fingerprint density at radius 1 is 1.00 bits per heavy atom. The fraction of sp³-hybridized carbons (Fsp3) is 0.500. The van der Waals surface area contributed by atoms with Gasteiger partial charge in [-0.25, -0.2) is 0 Å². The van der Waals surface area contributed by atoms with Crippen LogP contribution in [0.15, 0.2) is 30.3 Å². The molecule has 2 saturated carbocycles. The standard InChI is InChI=1S/C16H17NO2/c1-17-15(18)13-10-7-11(9-5-3-2-4-6-9)12(8-10)14(13)16(17)19/h2-6,10-14H,7-8H2,1H3/t10?,11-,12?,13-,14+/m0/s1. The summed E-state index contributed by atoms with van der Waals surface area (Å²) in [5.41, 5.74) is 1.34. The Morgan fingerprint density at radius 3 is 2.42 bits per heavy atom. The number of carbonyl (C=O) groups excluding carboxylic acids is 2. The van der Waals surface area contributed by atoms with Gasteiger partial charge in [-0.3, -0.25) is 14.5 Å². The van der Waals surface area contributed by atoms with E-state index >= 15 is 0 Å². The first kappa shape index (κ1) is 11.2. The second-order valence-corrected chi connectivity index (χ2v) is 6.20. The third-order valence-electron chi connectivity index (χ3n) is 5.46. The fourth-order valence-corrected chi connectivity index (χ4v) is 4.69. The summed E-state index contributed by atoms with van der Waals surface area (Å²) in [6.45, 7) is 0. The van der Waals surface area contributed by atoms with Crippen molar-refractivity contribution in [2.45, 2.75) is 18.8 Å². The first-order valence-corrected chi connectivity index (χ1v) is 7.05. The van der Waals surface area contributed by atoms with Crippen LogP contribution in [-0.4, -0.2) is 23.8 Å². The summed E-state index contributed by atoms with van der Waals surface area (Å²) < 4.78 is 0. The van der Waals surface area contributed by atoms with Crippen LogP contribution in [-0.2, 0) is 9.59 Å². The van der Waals surface area contributed by atoms with E-state index in [9.17, 15) is 9.59 Å². The number of amides is 2. The molecule has 4 rings (SSSR count). The molecule has 3 aliphatic rings. The van der Waals surface area contributed by atoms with E-state index in [4.69, 9.17) is 0 Å². The van der Waals surface area contributed by atoms with Crippen LogP contribution in [0.25, 0.3) is 0 Å². The molecule has 2 unspecified atom stereocenters. The number of rotatable bonds is 1. The molecule has 1 aliphatic heterocycles. The van der Waals surface area contributed by atoms with E-state index in [-0.39, 0.29) is 23.7 Å². The van der Waals surface area contributed by atoms with Gasteiger partial charge in [-0.2, -0.15) is 0 Å². The smallest absolute Gasteiger partial charge is 0.233 e. The van der Waals surface area contributed by atoms with E-state index in [2.05, 4.69) is 24.3 Å². The van der Waals surface area contributed by atoms with E-state index in [1.165, 1.54) is 10.5 Å². The number of carbonyl (C=O) groups is 2.